The van der Waals surface area contributed by atoms with E-state index in [0.29, 0.717) is 17.0 Å². The van der Waals surface area contributed by atoms with E-state index in [-0.39, 0.29) is 0 Å². The molecular weight excluding hydrogens is 285 g/mol. The molecule has 0 spiro atoms. The summed E-state index contributed by atoms with van der Waals surface area (Å²) in [5.41, 5.74) is 1.11. The smallest absolute Gasteiger partial charge is 0.167 e. The minimum absolute atomic E-state index is 0.413. The van der Waals surface area contributed by atoms with Crippen molar-refractivity contribution in [1.29, 1.82) is 0 Å². The van der Waals surface area contributed by atoms with Gasteiger partial charge >= 0.3 is 6.18 Å². The molecule has 0 heterocycles. The summed E-state index contributed by atoms with van der Waals surface area (Å²) in [5, 5.41) is 0. The average molecular weight is 304 g/mol. The van der Waals surface area contributed by atoms with Gasteiger partial charge in [-0.2, -0.15) is 13.2 Å². The minimum atomic E-state index is -4.24. The molecule has 19 heavy (non-hydrogen) atoms. The molecule has 0 N–H and O–H groups in total. The normalized spacial score (nSPS) is 13.7. The Bertz CT molecular complexity index is 441. The van der Waals surface area contributed by atoms with Gasteiger partial charge in [0.15, 0.2) is 0 Å². The van der Waals surface area contributed by atoms with E-state index >= 15 is 0 Å². The molecule has 0 amide bonds. The molecule has 0 unspecified atom stereocenters. The summed E-state index contributed by atoms with van der Waals surface area (Å²) >= 11 is 1.23. The quantitative estimate of drug-likeness (QED) is 0.495. The van der Waals surface area contributed by atoms with Crippen molar-refractivity contribution in [2.24, 2.45) is 0 Å². The Balaban J connectivity index is 2.92. The SMILES string of the molecule is Cc1ccc(S/C(=C/C(F)(F)F)C[Si](C)(C)C)cc1. The van der Waals surface area contributed by atoms with E-state index in [1.807, 2.05) is 31.2 Å². The molecule has 5 heteroatoms. The van der Waals surface area contributed by atoms with Crippen molar-refractivity contribution in [3.63, 3.8) is 0 Å². The van der Waals surface area contributed by atoms with Crippen LogP contribution in [-0.2, 0) is 0 Å². The molecule has 0 fully saturated rings. The molecule has 1 aromatic carbocycles. The minimum Gasteiger partial charge on any atom is -0.167 e. The number of alkyl halides is 3. The highest BCUT2D eigenvalue weighted by molar-refractivity contribution is 8.03. The fourth-order valence-electron chi connectivity index (χ4n) is 1.58. The van der Waals surface area contributed by atoms with Crippen molar-refractivity contribution in [2.45, 2.75) is 43.7 Å². The number of thioether (sulfide) groups is 1. The van der Waals surface area contributed by atoms with Crippen LogP contribution in [0.1, 0.15) is 5.56 Å². The lowest BCUT2D eigenvalue weighted by molar-refractivity contribution is -0.0801. The molecule has 0 aliphatic carbocycles. The number of benzene rings is 1. The van der Waals surface area contributed by atoms with Crippen molar-refractivity contribution >= 4 is 19.8 Å². The third-order valence-electron chi connectivity index (χ3n) is 2.30. The summed E-state index contributed by atoms with van der Waals surface area (Å²) in [5.74, 6) is 0. The van der Waals surface area contributed by atoms with E-state index in [1.165, 1.54) is 11.8 Å². The number of rotatable bonds is 4. The molecule has 1 aromatic rings. The molecule has 0 saturated carbocycles. The van der Waals surface area contributed by atoms with E-state index in [0.717, 1.165) is 10.5 Å². The summed E-state index contributed by atoms with van der Waals surface area (Å²) in [7, 11) is -1.57. The van der Waals surface area contributed by atoms with Gasteiger partial charge in [0.25, 0.3) is 0 Å². The van der Waals surface area contributed by atoms with Crippen LogP contribution in [0, 0.1) is 6.92 Å². The van der Waals surface area contributed by atoms with Crippen LogP contribution < -0.4 is 0 Å². The summed E-state index contributed by atoms with van der Waals surface area (Å²) in [6.45, 7) is 8.19. The molecule has 106 valence electrons. The predicted octanol–water partition coefficient (Wildman–Crippen LogP) is 5.87. The van der Waals surface area contributed by atoms with Crippen LogP contribution in [0.2, 0.25) is 25.7 Å². The van der Waals surface area contributed by atoms with Crippen molar-refractivity contribution in [1.82, 2.24) is 0 Å². The molecule has 0 radical (unpaired) electrons. The van der Waals surface area contributed by atoms with Gasteiger partial charge < -0.3 is 0 Å². The second kappa shape index (κ2) is 6.18. The van der Waals surface area contributed by atoms with Gasteiger partial charge in [-0.3, -0.25) is 0 Å². The summed E-state index contributed by atoms with van der Waals surface area (Å²) in [6.07, 6.45) is -3.79. The van der Waals surface area contributed by atoms with Gasteiger partial charge in [-0.25, -0.2) is 0 Å². The Hall–Kier alpha value is -0.683. The molecule has 0 aliphatic rings. The number of allylic oxidation sites excluding steroid dienone is 2. The van der Waals surface area contributed by atoms with Crippen LogP contribution in [0.3, 0.4) is 0 Å². The lowest BCUT2D eigenvalue weighted by Gasteiger charge is -2.18. The van der Waals surface area contributed by atoms with E-state index < -0.39 is 14.3 Å². The third kappa shape index (κ3) is 7.47. The maximum Gasteiger partial charge on any atom is 0.410 e. The van der Waals surface area contributed by atoms with Gasteiger partial charge in [-0.1, -0.05) is 49.1 Å². The highest BCUT2D eigenvalue weighted by atomic mass is 32.2. The fourth-order valence-corrected chi connectivity index (χ4v) is 5.08. The Kier molecular flexibility index (Phi) is 5.32. The molecule has 0 saturated heterocycles. The Morgan fingerprint density at radius 3 is 2.11 bits per heavy atom. The first-order chi connectivity index (χ1) is 8.55. The van der Waals surface area contributed by atoms with Crippen LogP contribution in [-0.4, -0.2) is 14.3 Å². The van der Waals surface area contributed by atoms with Gasteiger partial charge in [0.2, 0.25) is 0 Å². The zero-order valence-corrected chi connectivity index (χ0v) is 13.5. The predicted molar refractivity (Wildman–Crippen MR) is 79.3 cm³/mol. The topological polar surface area (TPSA) is 0 Å². The van der Waals surface area contributed by atoms with Crippen molar-refractivity contribution < 1.29 is 13.2 Å². The standard InChI is InChI=1S/C14H19F3SSi/c1-11-5-7-12(8-6-11)18-13(9-14(15,16)17)10-19(2,3)4/h5-9H,10H2,1-4H3/b13-9+. The first-order valence-corrected chi connectivity index (χ1v) is 10.6. The monoisotopic (exact) mass is 304 g/mol. The molecule has 0 atom stereocenters. The van der Waals surface area contributed by atoms with Crippen LogP contribution in [0.25, 0.3) is 0 Å². The number of aryl methyl sites for hydroxylation is 1. The highest BCUT2D eigenvalue weighted by Crippen LogP contribution is 2.35. The van der Waals surface area contributed by atoms with Gasteiger partial charge in [-0.15, -0.1) is 0 Å². The van der Waals surface area contributed by atoms with E-state index in [2.05, 4.69) is 19.6 Å². The van der Waals surface area contributed by atoms with Crippen molar-refractivity contribution in [2.75, 3.05) is 0 Å². The third-order valence-corrected chi connectivity index (χ3v) is 5.03. The lowest BCUT2D eigenvalue weighted by Crippen LogP contribution is -2.20. The van der Waals surface area contributed by atoms with Gasteiger partial charge in [-0.05, 0) is 30.0 Å². The zero-order valence-electron chi connectivity index (χ0n) is 11.6. The first-order valence-electron chi connectivity index (χ1n) is 6.08. The maximum absolute atomic E-state index is 12.6. The van der Waals surface area contributed by atoms with Crippen molar-refractivity contribution in [3.05, 3.63) is 40.8 Å². The molecule has 0 bridgehead atoms. The largest absolute Gasteiger partial charge is 0.410 e. The molecule has 0 nitrogen and oxygen atoms in total. The highest BCUT2D eigenvalue weighted by Gasteiger charge is 2.27. The van der Waals surface area contributed by atoms with Gasteiger partial charge in [0.05, 0.1) is 0 Å². The molecule has 1 rings (SSSR count). The number of hydrogen-bond acceptors (Lipinski definition) is 1. The summed E-state index contributed by atoms with van der Waals surface area (Å²) in [4.78, 5) is 1.27. The summed E-state index contributed by atoms with van der Waals surface area (Å²) in [6, 6.07) is 8.12. The fraction of sp³-hybridized carbons (Fsp3) is 0.429. The van der Waals surface area contributed by atoms with Crippen LogP contribution >= 0.6 is 11.8 Å². The molecule has 0 aromatic heterocycles. The second-order valence-corrected chi connectivity index (χ2v) is 12.5. The van der Waals surface area contributed by atoms with Crippen molar-refractivity contribution in [3.8, 4) is 0 Å². The van der Waals surface area contributed by atoms with Gasteiger partial charge in [0, 0.05) is 19.0 Å². The molecule has 0 aliphatic heterocycles. The maximum atomic E-state index is 12.6. The summed E-state index contributed by atoms with van der Waals surface area (Å²) < 4.78 is 37.7. The number of halogens is 3. The van der Waals surface area contributed by atoms with E-state index in [9.17, 15) is 13.2 Å². The van der Waals surface area contributed by atoms with Crippen LogP contribution in [0.5, 0.6) is 0 Å². The zero-order chi connectivity index (χ0) is 14.7. The Labute approximate surface area is 118 Å². The Morgan fingerprint density at radius 1 is 1.16 bits per heavy atom. The first kappa shape index (κ1) is 16.4. The second-order valence-electron chi connectivity index (χ2n) is 5.80. The number of hydrogen-bond donors (Lipinski definition) is 0. The Morgan fingerprint density at radius 2 is 1.68 bits per heavy atom. The van der Waals surface area contributed by atoms with Crippen LogP contribution in [0.15, 0.2) is 40.1 Å². The molecular formula is C14H19F3SSi. The lowest BCUT2D eigenvalue weighted by atomic mass is 10.2. The van der Waals surface area contributed by atoms with E-state index in [1.54, 1.807) is 0 Å². The van der Waals surface area contributed by atoms with E-state index in [4.69, 9.17) is 0 Å². The average Bonchev–Trinajstić information content (AvgIpc) is 2.16. The van der Waals surface area contributed by atoms with Crippen LogP contribution in [0.4, 0.5) is 13.2 Å². The van der Waals surface area contributed by atoms with Gasteiger partial charge in [0.1, 0.15) is 0 Å².